The molecule has 24 heavy (non-hydrogen) atoms. The van der Waals surface area contributed by atoms with Crippen LogP contribution in [0.1, 0.15) is 51.6 Å². The molecule has 0 N–H and O–H groups in total. The molecule has 0 amide bonds. The number of alkyl halides is 3. The summed E-state index contributed by atoms with van der Waals surface area (Å²) in [4.78, 5) is 12.7. The topological polar surface area (TPSA) is 60.2 Å². The van der Waals surface area contributed by atoms with Crippen molar-refractivity contribution in [3.63, 3.8) is 0 Å². The van der Waals surface area contributed by atoms with Crippen LogP contribution in [0.2, 0.25) is 0 Å². The van der Waals surface area contributed by atoms with Crippen LogP contribution >= 0.6 is 0 Å². The number of hydrogen-bond donors (Lipinski definition) is 0. The molecule has 2 aromatic rings. The average Bonchev–Trinajstić information content (AvgIpc) is 3.22. The molecule has 3 rings (SSSR count). The number of ketones is 1. The molecular weight excluding hydrogens is 343 g/mol. The van der Waals surface area contributed by atoms with E-state index in [-0.39, 0.29) is 28.4 Å². The van der Waals surface area contributed by atoms with E-state index >= 15 is 0 Å². The Labute approximate surface area is 138 Å². The molecule has 1 aromatic heterocycles. The number of benzene rings is 1. The van der Waals surface area contributed by atoms with Gasteiger partial charge in [0, 0.05) is 34.3 Å². The summed E-state index contributed by atoms with van der Waals surface area (Å²) in [5.74, 6) is 0.0372. The van der Waals surface area contributed by atoms with Crippen LogP contribution in [0.4, 0.5) is 13.2 Å². The van der Waals surface area contributed by atoms with E-state index in [4.69, 9.17) is 4.52 Å². The molecule has 0 saturated heterocycles. The van der Waals surface area contributed by atoms with Crippen LogP contribution in [0, 0.1) is 0 Å². The first-order valence-electron chi connectivity index (χ1n) is 7.26. The number of nitrogens with zero attached hydrogens (tertiary/aromatic N) is 1. The standard InChI is InChI=1S/C16H14F3NO3S/c1-24(22)8-10-6-11(16(17,18)19)4-5-12(10)14(21)13-7-20-23-15(13)9-2-3-9/h4-7,9H,2-3,8H2,1H3. The van der Waals surface area contributed by atoms with Gasteiger partial charge in [0.2, 0.25) is 0 Å². The van der Waals surface area contributed by atoms with Gasteiger partial charge < -0.3 is 4.52 Å². The fourth-order valence-corrected chi connectivity index (χ4v) is 3.21. The fraction of sp³-hybridized carbons (Fsp3) is 0.375. The smallest absolute Gasteiger partial charge is 0.360 e. The van der Waals surface area contributed by atoms with Crippen molar-refractivity contribution in [2.24, 2.45) is 0 Å². The molecule has 1 heterocycles. The second kappa shape index (κ2) is 6.16. The number of aromatic nitrogens is 1. The van der Waals surface area contributed by atoms with Gasteiger partial charge in [0.05, 0.1) is 17.3 Å². The number of halogens is 3. The van der Waals surface area contributed by atoms with E-state index in [2.05, 4.69) is 5.16 Å². The van der Waals surface area contributed by atoms with Crippen LogP contribution in [0.25, 0.3) is 0 Å². The zero-order valence-corrected chi connectivity index (χ0v) is 13.5. The Morgan fingerprint density at radius 3 is 2.62 bits per heavy atom. The molecule has 1 aliphatic carbocycles. The van der Waals surface area contributed by atoms with E-state index in [0.717, 1.165) is 31.0 Å². The molecule has 0 spiro atoms. The summed E-state index contributed by atoms with van der Waals surface area (Å²) >= 11 is 0. The summed E-state index contributed by atoms with van der Waals surface area (Å²) in [7, 11) is -1.39. The lowest BCUT2D eigenvalue weighted by Crippen LogP contribution is -2.12. The first-order valence-corrected chi connectivity index (χ1v) is 8.99. The predicted molar refractivity (Wildman–Crippen MR) is 81.1 cm³/mol. The Hall–Kier alpha value is -1.96. The van der Waals surface area contributed by atoms with Gasteiger partial charge in [-0.15, -0.1) is 0 Å². The van der Waals surface area contributed by atoms with E-state index in [1.165, 1.54) is 12.5 Å². The van der Waals surface area contributed by atoms with Gasteiger partial charge in [-0.05, 0) is 30.5 Å². The molecule has 8 heteroatoms. The van der Waals surface area contributed by atoms with E-state index < -0.39 is 28.3 Å². The quantitative estimate of drug-likeness (QED) is 0.766. The van der Waals surface area contributed by atoms with Crippen LogP contribution in [-0.4, -0.2) is 21.4 Å². The summed E-state index contributed by atoms with van der Waals surface area (Å²) < 4.78 is 55.3. The van der Waals surface area contributed by atoms with Gasteiger partial charge in [-0.25, -0.2) is 0 Å². The Balaban J connectivity index is 2.03. The van der Waals surface area contributed by atoms with Crippen molar-refractivity contribution in [1.29, 1.82) is 0 Å². The Morgan fingerprint density at radius 1 is 1.33 bits per heavy atom. The Bertz CT molecular complexity index is 809. The maximum absolute atomic E-state index is 12.9. The third kappa shape index (κ3) is 3.43. The van der Waals surface area contributed by atoms with E-state index in [1.807, 2.05) is 0 Å². The molecular formula is C16H14F3NO3S. The molecule has 128 valence electrons. The zero-order valence-electron chi connectivity index (χ0n) is 12.7. The minimum Gasteiger partial charge on any atom is -0.360 e. The average molecular weight is 357 g/mol. The summed E-state index contributed by atoms with van der Waals surface area (Å²) in [6.07, 6.45) is -0.0610. The summed E-state index contributed by atoms with van der Waals surface area (Å²) in [5.41, 5.74) is -0.394. The number of carbonyl (C=O) groups excluding carboxylic acids is 1. The molecule has 1 atom stereocenters. The van der Waals surface area contributed by atoms with Crippen molar-refractivity contribution in [3.8, 4) is 0 Å². The van der Waals surface area contributed by atoms with Gasteiger partial charge in [0.15, 0.2) is 11.5 Å². The normalized spacial score (nSPS) is 16.2. The van der Waals surface area contributed by atoms with E-state index in [1.54, 1.807) is 0 Å². The maximum atomic E-state index is 12.9. The van der Waals surface area contributed by atoms with Crippen molar-refractivity contribution in [3.05, 3.63) is 52.4 Å². The Morgan fingerprint density at radius 2 is 2.04 bits per heavy atom. The summed E-state index contributed by atoms with van der Waals surface area (Å²) in [6.45, 7) is 0. The van der Waals surface area contributed by atoms with Crippen LogP contribution in [0.5, 0.6) is 0 Å². The van der Waals surface area contributed by atoms with Crippen molar-refractivity contribution in [2.45, 2.75) is 30.7 Å². The van der Waals surface area contributed by atoms with Gasteiger partial charge >= 0.3 is 6.18 Å². The molecule has 0 bridgehead atoms. The number of hydrogen-bond acceptors (Lipinski definition) is 4. The molecule has 0 aliphatic heterocycles. The largest absolute Gasteiger partial charge is 0.416 e. The van der Waals surface area contributed by atoms with Crippen LogP contribution in [-0.2, 0) is 22.7 Å². The maximum Gasteiger partial charge on any atom is 0.416 e. The highest BCUT2D eigenvalue weighted by Gasteiger charge is 2.34. The molecule has 0 radical (unpaired) electrons. The van der Waals surface area contributed by atoms with E-state index in [0.29, 0.717) is 5.76 Å². The van der Waals surface area contributed by atoms with Gasteiger partial charge in [-0.1, -0.05) is 11.2 Å². The lowest BCUT2D eigenvalue weighted by atomic mass is 9.96. The van der Waals surface area contributed by atoms with Crippen LogP contribution < -0.4 is 0 Å². The van der Waals surface area contributed by atoms with Gasteiger partial charge in [0.1, 0.15) is 0 Å². The summed E-state index contributed by atoms with van der Waals surface area (Å²) in [6, 6.07) is 2.88. The second-order valence-electron chi connectivity index (χ2n) is 5.79. The second-order valence-corrected chi connectivity index (χ2v) is 7.23. The third-order valence-corrected chi connectivity index (χ3v) is 4.54. The van der Waals surface area contributed by atoms with E-state index in [9.17, 15) is 22.2 Å². The first-order chi connectivity index (χ1) is 11.3. The molecule has 4 nitrogen and oxygen atoms in total. The lowest BCUT2D eigenvalue weighted by Gasteiger charge is -2.12. The SMILES string of the molecule is CS(=O)Cc1cc(C(F)(F)F)ccc1C(=O)c1cnoc1C1CC1. The van der Waals surface area contributed by atoms with Gasteiger partial charge in [-0.3, -0.25) is 9.00 Å². The minimum absolute atomic E-state index is 0.100. The number of rotatable bonds is 5. The van der Waals surface area contributed by atoms with Gasteiger partial charge in [-0.2, -0.15) is 13.2 Å². The Kier molecular flexibility index (Phi) is 4.33. The molecule has 1 aliphatic rings. The molecule has 1 aromatic carbocycles. The zero-order chi connectivity index (χ0) is 17.5. The molecule has 1 unspecified atom stereocenters. The fourth-order valence-electron chi connectivity index (χ4n) is 2.53. The van der Waals surface area contributed by atoms with Crippen LogP contribution in [0.15, 0.2) is 28.9 Å². The van der Waals surface area contributed by atoms with Crippen molar-refractivity contribution >= 4 is 16.6 Å². The first kappa shape index (κ1) is 16.9. The monoisotopic (exact) mass is 357 g/mol. The highest BCUT2D eigenvalue weighted by molar-refractivity contribution is 7.83. The van der Waals surface area contributed by atoms with Crippen LogP contribution in [0.3, 0.4) is 0 Å². The third-order valence-electron chi connectivity index (χ3n) is 3.83. The van der Waals surface area contributed by atoms with Crippen molar-refractivity contribution in [2.75, 3.05) is 6.26 Å². The molecule has 1 fully saturated rings. The highest BCUT2D eigenvalue weighted by Crippen LogP contribution is 2.42. The van der Waals surface area contributed by atoms with Gasteiger partial charge in [0.25, 0.3) is 0 Å². The minimum atomic E-state index is -4.53. The highest BCUT2D eigenvalue weighted by atomic mass is 32.2. The summed E-state index contributed by atoms with van der Waals surface area (Å²) in [5, 5.41) is 3.64. The molecule has 1 saturated carbocycles. The predicted octanol–water partition coefficient (Wildman–Crippen LogP) is 3.68. The lowest BCUT2D eigenvalue weighted by molar-refractivity contribution is -0.137. The number of carbonyl (C=O) groups is 1. The van der Waals surface area contributed by atoms with Crippen molar-refractivity contribution < 1.29 is 26.7 Å². The van der Waals surface area contributed by atoms with Crippen molar-refractivity contribution in [1.82, 2.24) is 5.16 Å².